The van der Waals surface area contributed by atoms with E-state index in [2.05, 4.69) is 0 Å². The summed E-state index contributed by atoms with van der Waals surface area (Å²) in [5.41, 5.74) is 5.31. The Labute approximate surface area is 95.7 Å². The molecule has 0 aliphatic carbocycles. The Hall–Kier alpha value is -0.480. The third kappa shape index (κ3) is 3.54. The van der Waals surface area contributed by atoms with Crippen molar-refractivity contribution in [3.63, 3.8) is 0 Å². The van der Waals surface area contributed by atoms with E-state index in [-0.39, 0.29) is 18.2 Å². The molecule has 1 aliphatic rings. The number of hydrogen-bond donors (Lipinski definition) is 1. The van der Waals surface area contributed by atoms with Crippen LogP contribution in [0.2, 0.25) is 0 Å². The van der Waals surface area contributed by atoms with E-state index in [1.54, 1.807) is 4.90 Å². The number of nitrogens with two attached hydrogens (primary N) is 1. The van der Waals surface area contributed by atoms with Crippen molar-refractivity contribution in [1.82, 2.24) is 4.90 Å². The molecule has 4 nitrogen and oxygen atoms in total. The normalized spacial score (nSPS) is 26.9. The van der Waals surface area contributed by atoms with Crippen molar-refractivity contribution in [3.05, 3.63) is 0 Å². The number of alkyl halides is 1. The van der Waals surface area contributed by atoms with Crippen molar-refractivity contribution >= 4 is 17.7 Å². The number of amides is 1. The Morgan fingerprint density at radius 2 is 2.20 bits per heavy atom. The Bertz CT molecular complexity index is 240. The second-order valence-corrected chi connectivity index (χ2v) is 5.25. The summed E-state index contributed by atoms with van der Waals surface area (Å²) >= 11 is 5.78. The van der Waals surface area contributed by atoms with Crippen molar-refractivity contribution in [2.45, 2.75) is 44.9 Å². The van der Waals surface area contributed by atoms with Gasteiger partial charge in [0.2, 0.25) is 0 Å². The van der Waals surface area contributed by atoms with Gasteiger partial charge in [-0.05, 0) is 27.2 Å². The third-order valence-corrected chi connectivity index (χ3v) is 2.61. The highest BCUT2D eigenvalue weighted by Gasteiger charge is 2.35. The minimum Gasteiger partial charge on any atom is -0.444 e. The highest BCUT2D eigenvalue weighted by Crippen LogP contribution is 2.20. The summed E-state index contributed by atoms with van der Waals surface area (Å²) in [5, 5.41) is 0. The summed E-state index contributed by atoms with van der Waals surface area (Å²) in [6, 6.07) is 0.0257. The monoisotopic (exact) mass is 234 g/mol. The van der Waals surface area contributed by atoms with E-state index < -0.39 is 5.60 Å². The third-order valence-electron chi connectivity index (χ3n) is 2.25. The number of carbonyl (C=O) groups is 1. The van der Waals surface area contributed by atoms with Crippen LogP contribution >= 0.6 is 11.6 Å². The second-order valence-electron chi connectivity index (χ2n) is 4.94. The lowest BCUT2D eigenvalue weighted by Gasteiger charge is -2.27. The lowest BCUT2D eigenvalue weighted by atomic mass is 10.2. The van der Waals surface area contributed by atoms with Gasteiger partial charge >= 0.3 is 6.09 Å². The van der Waals surface area contributed by atoms with Gasteiger partial charge in [0.25, 0.3) is 0 Å². The van der Waals surface area contributed by atoms with Crippen molar-refractivity contribution in [2.75, 3.05) is 12.4 Å². The number of halogens is 1. The van der Waals surface area contributed by atoms with Crippen LogP contribution in [-0.2, 0) is 4.74 Å². The summed E-state index contributed by atoms with van der Waals surface area (Å²) in [4.78, 5) is 13.4. The number of likely N-dealkylation sites (tertiary alicyclic amines) is 1. The molecule has 0 unspecified atom stereocenters. The molecule has 1 heterocycles. The van der Waals surface area contributed by atoms with Crippen LogP contribution in [-0.4, -0.2) is 41.1 Å². The lowest BCUT2D eigenvalue weighted by molar-refractivity contribution is 0.0239. The van der Waals surface area contributed by atoms with E-state index >= 15 is 0 Å². The molecule has 5 heteroatoms. The molecule has 1 aliphatic heterocycles. The zero-order valence-corrected chi connectivity index (χ0v) is 10.3. The minimum absolute atomic E-state index is 0.0107. The molecule has 0 aromatic heterocycles. The minimum atomic E-state index is -0.472. The lowest BCUT2D eigenvalue weighted by Crippen LogP contribution is -2.41. The van der Waals surface area contributed by atoms with Gasteiger partial charge in [0.05, 0.1) is 6.04 Å². The predicted molar refractivity (Wildman–Crippen MR) is 60.0 cm³/mol. The van der Waals surface area contributed by atoms with Crippen LogP contribution in [0.25, 0.3) is 0 Å². The van der Waals surface area contributed by atoms with Crippen molar-refractivity contribution in [3.8, 4) is 0 Å². The van der Waals surface area contributed by atoms with Crippen LogP contribution in [0.1, 0.15) is 27.2 Å². The van der Waals surface area contributed by atoms with Crippen LogP contribution in [0.3, 0.4) is 0 Å². The van der Waals surface area contributed by atoms with E-state index in [0.29, 0.717) is 12.4 Å². The van der Waals surface area contributed by atoms with Crippen LogP contribution < -0.4 is 5.73 Å². The first-order valence-corrected chi connectivity index (χ1v) is 5.68. The van der Waals surface area contributed by atoms with Crippen LogP contribution in [0.4, 0.5) is 4.79 Å². The first-order chi connectivity index (χ1) is 6.83. The summed E-state index contributed by atoms with van der Waals surface area (Å²) in [7, 11) is 0. The number of rotatable bonds is 1. The number of nitrogens with zero attached hydrogens (tertiary/aromatic N) is 1. The van der Waals surface area contributed by atoms with Gasteiger partial charge in [-0.15, -0.1) is 11.6 Å². The molecule has 0 bridgehead atoms. The van der Waals surface area contributed by atoms with Gasteiger partial charge in [-0.25, -0.2) is 4.79 Å². The van der Waals surface area contributed by atoms with E-state index in [4.69, 9.17) is 22.1 Å². The molecule has 88 valence electrons. The van der Waals surface area contributed by atoms with E-state index in [9.17, 15) is 4.79 Å². The van der Waals surface area contributed by atoms with Crippen LogP contribution in [0.5, 0.6) is 0 Å². The fourth-order valence-corrected chi connectivity index (χ4v) is 1.94. The highest BCUT2D eigenvalue weighted by molar-refractivity contribution is 6.18. The summed E-state index contributed by atoms with van der Waals surface area (Å²) in [5.74, 6) is 0.410. The van der Waals surface area contributed by atoms with E-state index in [0.717, 1.165) is 6.42 Å². The molecule has 2 atom stereocenters. The molecule has 0 aromatic rings. The Morgan fingerprint density at radius 3 is 2.67 bits per heavy atom. The summed E-state index contributed by atoms with van der Waals surface area (Å²) in [6.45, 7) is 6.07. The maximum atomic E-state index is 11.8. The van der Waals surface area contributed by atoms with Crippen LogP contribution in [0.15, 0.2) is 0 Å². The SMILES string of the molecule is CC(C)(C)OC(=O)N1C[C@H](N)C[C@H]1CCl. The average Bonchev–Trinajstić information content (AvgIpc) is 2.43. The highest BCUT2D eigenvalue weighted by atomic mass is 35.5. The molecule has 1 fully saturated rings. The molecule has 1 saturated heterocycles. The molecule has 0 radical (unpaired) electrons. The molecule has 0 saturated carbocycles. The molecule has 1 rings (SSSR count). The van der Waals surface area contributed by atoms with Crippen molar-refractivity contribution in [1.29, 1.82) is 0 Å². The van der Waals surface area contributed by atoms with Gasteiger partial charge in [-0.2, -0.15) is 0 Å². The summed E-state index contributed by atoms with van der Waals surface area (Å²) < 4.78 is 5.27. The van der Waals surface area contributed by atoms with E-state index in [1.165, 1.54) is 0 Å². The Balaban J connectivity index is 2.59. The quantitative estimate of drug-likeness (QED) is 0.701. The Kier molecular flexibility index (Phi) is 3.84. The molecule has 0 spiro atoms. The first-order valence-electron chi connectivity index (χ1n) is 5.14. The standard InChI is InChI=1S/C10H19ClN2O2/c1-10(2,3)15-9(14)13-6-7(12)4-8(13)5-11/h7-8H,4-6,12H2,1-3H3/t7-,8+/m1/s1. The smallest absolute Gasteiger partial charge is 0.410 e. The van der Waals surface area contributed by atoms with Gasteiger partial charge in [0.15, 0.2) is 0 Å². The van der Waals surface area contributed by atoms with Crippen molar-refractivity contribution in [2.24, 2.45) is 5.73 Å². The number of hydrogen-bond acceptors (Lipinski definition) is 3. The second kappa shape index (κ2) is 4.58. The molecule has 1 amide bonds. The van der Waals surface area contributed by atoms with Crippen LogP contribution in [0, 0.1) is 0 Å². The average molecular weight is 235 g/mol. The molecule has 15 heavy (non-hydrogen) atoms. The topological polar surface area (TPSA) is 55.6 Å². The molecular formula is C10H19ClN2O2. The maximum absolute atomic E-state index is 11.8. The van der Waals surface area contributed by atoms with Gasteiger partial charge in [0, 0.05) is 18.5 Å². The van der Waals surface area contributed by atoms with Gasteiger partial charge in [0.1, 0.15) is 5.60 Å². The van der Waals surface area contributed by atoms with Gasteiger partial charge in [-0.1, -0.05) is 0 Å². The zero-order chi connectivity index (χ0) is 11.6. The zero-order valence-electron chi connectivity index (χ0n) is 9.50. The Morgan fingerprint density at radius 1 is 1.60 bits per heavy atom. The number of ether oxygens (including phenoxy) is 1. The fraction of sp³-hybridized carbons (Fsp3) is 0.900. The van der Waals surface area contributed by atoms with E-state index in [1.807, 2.05) is 20.8 Å². The van der Waals surface area contributed by atoms with Gasteiger partial charge < -0.3 is 15.4 Å². The maximum Gasteiger partial charge on any atom is 0.410 e. The predicted octanol–water partition coefficient (Wildman–Crippen LogP) is 1.56. The first kappa shape index (κ1) is 12.6. The molecule has 0 aromatic carbocycles. The van der Waals surface area contributed by atoms with Crippen molar-refractivity contribution < 1.29 is 9.53 Å². The number of carbonyl (C=O) groups excluding carboxylic acids is 1. The van der Waals surface area contributed by atoms with Gasteiger partial charge in [-0.3, -0.25) is 0 Å². The summed E-state index contributed by atoms with van der Waals surface area (Å²) in [6.07, 6.45) is 0.434. The largest absolute Gasteiger partial charge is 0.444 e. The fourth-order valence-electron chi connectivity index (χ4n) is 1.64. The molecule has 2 N–H and O–H groups in total. The molecular weight excluding hydrogens is 216 g/mol.